The van der Waals surface area contributed by atoms with Gasteiger partial charge < -0.3 is 9.84 Å². The summed E-state index contributed by atoms with van der Waals surface area (Å²) in [5.41, 5.74) is 2.60. The lowest BCUT2D eigenvalue weighted by Crippen LogP contribution is -2.04. The van der Waals surface area contributed by atoms with Gasteiger partial charge in [-0.25, -0.2) is 4.79 Å². The van der Waals surface area contributed by atoms with E-state index in [2.05, 4.69) is 13.2 Å². The van der Waals surface area contributed by atoms with Crippen molar-refractivity contribution in [2.45, 2.75) is 20.8 Å². The average Bonchev–Trinajstić information content (AvgIpc) is 2.39. The van der Waals surface area contributed by atoms with Gasteiger partial charge >= 0.3 is 5.97 Å². The van der Waals surface area contributed by atoms with Gasteiger partial charge in [0.15, 0.2) is 0 Å². The van der Waals surface area contributed by atoms with Crippen molar-refractivity contribution >= 4 is 12.0 Å². The Labute approximate surface area is 120 Å². The molecule has 0 saturated heterocycles. The van der Waals surface area contributed by atoms with Crippen LogP contribution in [0.25, 0.3) is 6.08 Å². The van der Waals surface area contributed by atoms with Gasteiger partial charge in [-0.05, 0) is 44.5 Å². The number of hydrogen-bond acceptors (Lipinski definition) is 3. The van der Waals surface area contributed by atoms with Crippen LogP contribution in [0, 0.1) is 0 Å². The van der Waals surface area contributed by atoms with E-state index in [0.29, 0.717) is 17.9 Å². The fourth-order valence-electron chi connectivity index (χ4n) is 1.02. The van der Waals surface area contributed by atoms with E-state index in [1.807, 2.05) is 32.1 Å². The second kappa shape index (κ2) is 9.62. The summed E-state index contributed by atoms with van der Waals surface area (Å²) < 4.78 is 4.80. The molecule has 0 aliphatic carbocycles. The van der Waals surface area contributed by atoms with E-state index < -0.39 is 0 Å². The number of benzene rings is 1. The van der Waals surface area contributed by atoms with Crippen LogP contribution in [-0.2, 0) is 9.53 Å². The number of carbonyl (C=O) groups excluding carboxylic acids is 1. The molecule has 0 aliphatic rings. The van der Waals surface area contributed by atoms with Crippen LogP contribution in [0.15, 0.2) is 54.6 Å². The van der Waals surface area contributed by atoms with Crippen molar-refractivity contribution in [3.05, 3.63) is 60.2 Å². The SMILES string of the molecule is C=C(C)C(=O)OCC=C(C)C.C=Cc1ccc(O)cc1. The van der Waals surface area contributed by atoms with Gasteiger partial charge in [-0.3, -0.25) is 0 Å². The highest BCUT2D eigenvalue weighted by molar-refractivity contribution is 5.86. The number of phenols is 1. The Morgan fingerprint density at radius 1 is 1.25 bits per heavy atom. The minimum atomic E-state index is -0.331. The van der Waals surface area contributed by atoms with Crippen molar-refractivity contribution in [2.24, 2.45) is 0 Å². The van der Waals surface area contributed by atoms with Crippen LogP contribution >= 0.6 is 0 Å². The standard InChI is InChI=1S/C9H14O2.C8H8O/c1-7(2)5-6-11-9(10)8(3)4;1-2-7-3-5-8(9)6-4-7/h5H,3,6H2,1-2,4H3;2-6,9H,1H2. The van der Waals surface area contributed by atoms with Crippen molar-refractivity contribution in [3.63, 3.8) is 0 Å². The van der Waals surface area contributed by atoms with E-state index in [0.717, 1.165) is 11.1 Å². The first-order valence-electron chi connectivity index (χ1n) is 6.24. The molecule has 0 unspecified atom stereocenters. The molecule has 0 atom stereocenters. The molecular weight excluding hydrogens is 252 g/mol. The van der Waals surface area contributed by atoms with Gasteiger partial charge in [0.25, 0.3) is 0 Å². The minimum Gasteiger partial charge on any atom is -0.508 e. The van der Waals surface area contributed by atoms with Crippen molar-refractivity contribution in [2.75, 3.05) is 6.61 Å². The summed E-state index contributed by atoms with van der Waals surface area (Å²) in [4.78, 5) is 10.8. The number of esters is 1. The molecule has 0 aliphatic heterocycles. The number of carbonyl (C=O) groups is 1. The van der Waals surface area contributed by atoms with E-state index in [-0.39, 0.29) is 5.97 Å². The molecule has 108 valence electrons. The zero-order valence-corrected chi connectivity index (χ0v) is 12.3. The Hall–Kier alpha value is -2.29. The van der Waals surface area contributed by atoms with E-state index in [9.17, 15) is 4.79 Å². The lowest BCUT2D eigenvalue weighted by Gasteiger charge is -1.99. The van der Waals surface area contributed by atoms with Gasteiger partial charge in [0.2, 0.25) is 0 Å². The fourth-order valence-corrected chi connectivity index (χ4v) is 1.02. The van der Waals surface area contributed by atoms with Crippen LogP contribution in [0.3, 0.4) is 0 Å². The molecular formula is C17H22O3. The molecule has 0 amide bonds. The Kier molecular flexibility index (Phi) is 8.51. The van der Waals surface area contributed by atoms with Crippen molar-refractivity contribution in [1.82, 2.24) is 0 Å². The van der Waals surface area contributed by atoms with Crippen LogP contribution < -0.4 is 0 Å². The summed E-state index contributed by atoms with van der Waals surface area (Å²) in [6, 6.07) is 6.89. The van der Waals surface area contributed by atoms with Crippen LogP contribution in [-0.4, -0.2) is 17.7 Å². The van der Waals surface area contributed by atoms with Gasteiger partial charge in [-0.15, -0.1) is 0 Å². The molecule has 0 fully saturated rings. The third-order valence-electron chi connectivity index (χ3n) is 2.18. The summed E-state index contributed by atoms with van der Waals surface area (Å²) in [7, 11) is 0. The highest BCUT2D eigenvalue weighted by Gasteiger charge is 1.99. The van der Waals surface area contributed by atoms with Gasteiger partial charge in [0, 0.05) is 5.57 Å². The summed E-state index contributed by atoms with van der Waals surface area (Å²) in [6.07, 6.45) is 3.58. The highest BCUT2D eigenvalue weighted by atomic mass is 16.5. The predicted octanol–water partition coefficient (Wildman–Crippen LogP) is 4.11. The van der Waals surface area contributed by atoms with E-state index in [1.54, 1.807) is 25.1 Å². The molecule has 3 nitrogen and oxygen atoms in total. The van der Waals surface area contributed by atoms with Crippen LogP contribution in [0.2, 0.25) is 0 Å². The molecule has 3 heteroatoms. The Morgan fingerprint density at radius 3 is 2.20 bits per heavy atom. The van der Waals surface area contributed by atoms with Gasteiger partial charge in [-0.1, -0.05) is 36.9 Å². The highest BCUT2D eigenvalue weighted by Crippen LogP contribution is 2.09. The number of hydrogen-bond donors (Lipinski definition) is 1. The number of phenolic OH excluding ortho intramolecular Hbond substituents is 1. The molecule has 20 heavy (non-hydrogen) atoms. The topological polar surface area (TPSA) is 46.5 Å². The molecule has 1 aromatic carbocycles. The predicted molar refractivity (Wildman–Crippen MR) is 83.4 cm³/mol. The lowest BCUT2D eigenvalue weighted by atomic mass is 10.2. The van der Waals surface area contributed by atoms with E-state index in [4.69, 9.17) is 9.84 Å². The second-order valence-corrected chi connectivity index (χ2v) is 4.46. The molecule has 0 spiro atoms. The molecule has 1 N–H and O–H groups in total. The zero-order valence-electron chi connectivity index (χ0n) is 12.3. The summed E-state index contributed by atoms with van der Waals surface area (Å²) in [6.45, 7) is 12.9. The van der Waals surface area contributed by atoms with Crippen molar-refractivity contribution in [1.29, 1.82) is 0 Å². The first-order valence-corrected chi connectivity index (χ1v) is 6.24. The molecule has 0 radical (unpaired) electrons. The molecule has 0 bridgehead atoms. The number of aromatic hydroxyl groups is 1. The smallest absolute Gasteiger partial charge is 0.333 e. The maximum Gasteiger partial charge on any atom is 0.333 e. The normalized spacial score (nSPS) is 8.75. The zero-order chi connectivity index (χ0) is 15.5. The lowest BCUT2D eigenvalue weighted by molar-refractivity contribution is -0.137. The Bertz CT molecular complexity index is 477. The van der Waals surface area contributed by atoms with Crippen molar-refractivity contribution in [3.8, 4) is 5.75 Å². The van der Waals surface area contributed by atoms with Gasteiger partial charge in [0.05, 0.1) is 0 Å². The fraction of sp³-hybridized carbons (Fsp3) is 0.235. The molecule has 1 rings (SSSR count). The largest absolute Gasteiger partial charge is 0.508 e. The maximum atomic E-state index is 10.8. The van der Waals surface area contributed by atoms with Crippen molar-refractivity contribution < 1.29 is 14.6 Å². The molecule has 0 heterocycles. The third-order valence-corrected chi connectivity index (χ3v) is 2.18. The quantitative estimate of drug-likeness (QED) is 0.510. The van der Waals surface area contributed by atoms with E-state index >= 15 is 0 Å². The van der Waals surface area contributed by atoms with Crippen LogP contribution in [0.5, 0.6) is 5.75 Å². The van der Waals surface area contributed by atoms with Gasteiger partial charge in [-0.2, -0.15) is 0 Å². The first kappa shape index (κ1) is 17.7. The van der Waals surface area contributed by atoms with Gasteiger partial charge in [0.1, 0.15) is 12.4 Å². The summed E-state index contributed by atoms with van der Waals surface area (Å²) in [5, 5.41) is 8.82. The number of ether oxygens (including phenoxy) is 1. The molecule has 0 aromatic heterocycles. The van der Waals surface area contributed by atoms with E-state index in [1.165, 1.54) is 0 Å². The number of rotatable bonds is 4. The van der Waals surface area contributed by atoms with Crippen LogP contribution in [0.1, 0.15) is 26.3 Å². The first-order chi connectivity index (χ1) is 9.36. The summed E-state index contributed by atoms with van der Waals surface area (Å²) in [5.74, 6) is -0.0388. The Morgan fingerprint density at radius 2 is 1.80 bits per heavy atom. The van der Waals surface area contributed by atoms with Crippen LogP contribution in [0.4, 0.5) is 0 Å². The minimum absolute atomic E-state index is 0.292. The monoisotopic (exact) mass is 274 g/mol. The molecule has 0 saturated carbocycles. The summed E-state index contributed by atoms with van der Waals surface area (Å²) >= 11 is 0. The average molecular weight is 274 g/mol. The third kappa shape index (κ3) is 8.75. The number of allylic oxidation sites excluding steroid dienone is 1. The maximum absolute atomic E-state index is 10.8. The molecule has 1 aromatic rings. The second-order valence-electron chi connectivity index (χ2n) is 4.46. The Balaban J connectivity index is 0.000000367.